The Morgan fingerprint density at radius 1 is 1.48 bits per heavy atom. The minimum Gasteiger partial charge on any atom is -0.496 e. The normalized spacial score (nSPS) is 19.3. The molecule has 3 N–H and O–H groups in total. The molecule has 0 spiro atoms. The zero-order chi connectivity index (χ0) is 15.2. The van der Waals surface area contributed by atoms with Crippen LogP contribution in [-0.4, -0.2) is 37.6 Å². The maximum atomic E-state index is 12.0. The number of benzene rings is 1. The Morgan fingerprint density at radius 2 is 2.29 bits per heavy atom. The van der Waals surface area contributed by atoms with E-state index in [-0.39, 0.29) is 11.9 Å². The second kappa shape index (κ2) is 7.43. The number of ether oxygens (including phenoxy) is 1. The van der Waals surface area contributed by atoms with E-state index in [0.717, 1.165) is 49.2 Å². The monoisotopic (exact) mass is 291 g/mol. The Kier molecular flexibility index (Phi) is 5.59. The number of nitrogens with zero attached hydrogens (tertiary/aromatic N) is 1. The Morgan fingerprint density at radius 3 is 2.95 bits per heavy atom. The minimum absolute atomic E-state index is 0.0463. The number of nitrogens with one attached hydrogen (secondary N) is 1. The summed E-state index contributed by atoms with van der Waals surface area (Å²) in [4.78, 5) is 14.3. The standard InChI is InChI=1S/C16H25N3O2/c1-18-16(20)14-5-3-4-8-19(14)11-13-9-12(10-17)6-7-15(13)21-2/h6-7,9,14H,3-5,8,10-11,17H2,1-2H3,(H,18,20). The van der Waals surface area contributed by atoms with E-state index >= 15 is 0 Å². The third-order valence-corrected chi connectivity index (χ3v) is 4.12. The summed E-state index contributed by atoms with van der Waals surface area (Å²) >= 11 is 0. The van der Waals surface area contributed by atoms with Crippen LogP contribution < -0.4 is 15.8 Å². The number of carbonyl (C=O) groups is 1. The van der Waals surface area contributed by atoms with Gasteiger partial charge in [-0.15, -0.1) is 0 Å². The summed E-state index contributed by atoms with van der Waals surface area (Å²) in [5, 5.41) is 2.77. The van der Waals surface area contributed by atoms with Crippen LogP contribution in [0.25, 0.3) is 0 Å². The van der Waals surface area contributed by atoms with Gasteiger partial charge in [-0.05, 0) is 37.1 Å². The molecular formula is C16H25N3O2. The lowest BCUT2D eigenvalue weighted by Crippen LogP contribution is -2.48. The molecule has 1 atom stereocenters. The fourth-order valence-electron chi connectivity index (χ4n) is 2.95. The molecule has 0 radical (unpaired) electrons. The first-order valence-electron chi connectivity index (χ1n) is 7.51. The number of methoxy groups -OCH3 is 1. The van der Waals surface area contributed by atoms with Crippen molar-refractivity contribution in [3.8, 4) is 5.75 Å². The van der Waals surface area contributed by atoms with E-state index < -0.39 is 0 Å². The van der Waals surface area contributed by atoms with Crippen molar-refractivity contribution in [2.24, 2.45) is 5.73 Å². The Bertz CT molecular complexity index is 490. The quantitative estimate of drug-likeness (QED) is 0.857. The molecule has 5 heteroatoms. The van der Waals surface area contributed by atoms with Crippen molar-refractivity contribution in [3.63, 3.8) is 0 Å². The Hall–Kier alpha value is -1.59. The van der Waals surface area contributed by atoms with Gasteiger partial charge >= 0.3 is 0 Å². The molecule has 0 saturated carbocycles. The second-order valence-electron chi connectivity index (χ2n) is 5.45. The van der Waals surface area contributed by atoms with E-state index in [1.807, 2.05) is 12.1 Å². The van der Waals surface area contributed by atoms with Crippen molar-refractivity contribution in [1.82, 2.24) is 10.2 Å². The predicted octanol–water partition coefficient (Wildman–Crippen LogP) is 1.25. The first-order valence-corrected chi connectivity index (χ1v) is 7.51. The lowest BCUT2D eigenvalue weighted by Gasteiger charge is -2.34. The fourth-order valence-corrected chi connectivity index (χ4v) is 2.95. The third-order valence-electron chi connectivity index (χ3n) is 4.12. The summed E-state index contributed by atoms with van der Waals surface area (Å²) in [5.41, 5.74) is 7.90. The van der Waals surface area contributed by atoms with Crippen LogP contribution in [0.15, 0.2) is 18.2 Å². The Balaban J connectivity index is 2.20. The van der Waals surface area contributed by atoms with Gasteiger partial charge in [-0.1, -0.05) is 12.5 Å². The van der Waals surface area contributed by atoms with Crippen molar-refractivity contribution in [3.05, 3.63) is 29.3 Å². The van der Waals surface area contributed by atoms with Gasteiger partial charge in [-0.25, -0.2) is 0 Å². The largest absolute Gasteiger partial charge is 0.496 e. The van der Waals surface area contributed by atoms with Crippen LogP contribution >= 0.6 is 0 Å². The van der Waals surface area contributed by atoms with E-state index in [0.29, 0.717) is 6.54 Å². The molecule has 1 aromatic rings. The molecule has 5 nitrogen and oxygen atoms in total. The summed E-state index contributed by atoms with van der Waals surface area (Å²) < 4.78 is 5.44. The van der Waals surface area contributed by atoms with Crippen LogP contribution in [0.4, 0.5) is 0 Å². The number of hydrogen-bond donors (Lipinski definition) is 2. The third kappa shape index (κ3) is 3.74. The van der Waals surface area contributed by atoms with E-state index in [2.05, 4.69) is 16.3 Å². The molecule has 1 aromatic carbocycles. The molecule has 0 bridgehead atoms. The lowest BCUT2D eigenvalue weighted by atomic mass is 9.99. The minimum atomic E-state index is -0.0463. The highest BCUT2D eigenvalue weighted by atomic mass is 16.5. The lowest BCUT2D eigenvalue weighted by molar-refractivity contribution is -0.127. The summed E-state index contributed by atoms with van der Waals surface area (Å²) in [6, 6.07) is 5.97. The van der Waals surface area contributed by atoms with Crippen LogP contribution in [0.3, 0.4) is 0 Å². The van der Waals surface area contributed by atoms with E-state index in [1.165, 1.54) is 0 Å². The van der Waals surface area contributed by atoms with Crippen LogP contribution in [0, 0.1) is 0 Å². The molecule has 1 aliphatic rings. The molecule has 1 heterocycles. The van der Waals surface area contributed by atoms with Crippen LogP contribution in [0.2, 0.25) is 0 Å². The summed E-state index contributed by atoms with van der Waals surface area (Å²) in [6.07, 6.45) is 3.15. The van der Waals surface area contributed by atoms with Gasteiger partial charge in [0.15, 0.2) is 0 Å². The molecular weight excluding hydrogens is 266 g/mol. The molecule has 0 aromatic heterocycles. The van der Waals surface area contributed by atoms with Gasteiger partial charge in [0, 0.05) is 25.7 Å². The molecule has 1 amide bonds. The summed E-state index contributed by atoms with van der Waals surface area (Å²) in [5.74, 6) is 0.956. The first-order chi connectivity index (χ1) is 10.2. The zero-order valence-electron chi connectivity index (χ0n) is 12.9. The molecule has 1 saturated heterocycles. The van der Waals surface area contributed by atoms with Gasteiger partial charge < -0.3 is 15.8 Å². The second-order valence-corrected chi connectivity index (χ2v) is 5.45. The fraction of sp³-hybridized carbons (Fsp3) is 0.562. The van der Waals surface area contributed by atoms with Gasteiger partial charge in [0.05, 0.1) is 13.2 Å². The van der Waals surface area contributed by atoms with Gasteiger partial charge in [0.25, 0.3) is 0 Å². The zero-order valence-corrected chi connectivity index (χ0v) is 12.9. The maximum Gasteiger partial charge on any atom is 0.237 e. The molecule has 116 valence electrons. The van der Waals surface area contributed by atoms with Crippen LogP contribution in [0.5, 0.6) is 5.75 Å². The number of rotatable bonds is 5. The summed E-state index contributed by atoms with van der Waals surface area (Å²) in [6.45, 7) is 2.17. The number of nitrogens with two attached hydrogens (primary N) is 1. The number of likely N-dealkylation sites (tertiary alicyclic amines) is 1. The maximum absolute atomic E-state index is 12.0. The van der Waals surface area contributed by atoms with E-state index in [9.17, 15) is 4.79 Å². The van der Waals surface area contributed by atoms with Crippen molar-refractivity contribution in [2.75, 3.05) is 20.7 Å². The topological polar surface area (TPSA) is 67.6 Å². The highest BCUT2D eigenvalue weighted by Gasteiger charge is 2.28. The van der Waals surface area contributed by atoms with Crippen LogP contribution in [-0.2, 0) is 17.9 Å². The number of likely N-dealkylation sites (N-methyl/N-ethyl adjacent to an activating group) is 1. The molecule has 1 aliphatic heterocycles. The van der Waals surface area contributed by atoms with E-state index in [4.69, 9.17) is 10.5 Å². The summed E-state index contributed by atoms with van der Waals surface area (Å²) in [7, 11) is 3.37. The number of carbonyl (C=O) groups excluding carboxylic acids is 1. The van der Waals surface area contributed by atoms with Crippen molar-refractivity contribution >= 4 is 5.91 Å². The van der Waals surface area contributed by atoms with Crippen molar-refractivity contribution in [2.45, 2.75) is 38.4 Å². The smallest absolute Gasteiger partial charge is 0.237 e. The predicted molar refractivity (Wildman–Crippen MR) is 83.0 cm³/mol. The number of amides is 1. The Labute approximate surface area is 126 Å². The highest BCUT2D eigenvalue weighted by molar-refractivity contribution is 5.81. The number of hydrogen-bond acceptors (Lipinski definition) is 4. The number of piperidine rings is 1. The van der Waals surface area contributed by atoms with Crippen LogP contribution in [0.1, 0.15) is 30.4 Å². The van der Waals surface area contributed by atoms with Gasteiger partial charge in [0.2, 0.25) is 5.91 Å². The van der Waals surface area contributed by atoms with Gasteiger partial charge in [-0.3, -0.25) is 9.69 Å². The van der Waals surface area contributed by atoms with E-state index in [1.54, 1.807) is 14.2 Å². The molecule has 1 unspecified atom stereocenters. The van der Waals surface area contributed by atoms with Crippen molar-refractivity contribution in [1.29, 1.82) is 0 Å². The molecule has 21 heavy (non-hydrogen) atoms. The average Bonchev–Trinajstić information content (AvgIpc) is 2.54. The van der Waals surface area contributed by atoms with Gasteiger partial charge in [-0.2, -0.15) is 0 Å². The SMILES string of the molecule is CNC(=O)C1CCCCN1Cc1cc(CN)ccc1OC. The van der Waals surface area contributed by atoms with Gasteiger partial charge in [0.1, 0.15) is 5.75 Å². The first kappa shape index (κ1) is 15.8. The highest BCUT2D eigenvalue weighted by Crippen LogP contribution is 2.25. The molecule has 1 fully saturated rings. The molecule has 2 rings (SSSR count). The average molecular weight is 291 g/mol. The molecule has 0 aliphatic carbocycles. The van der Waals surface area contributed by atoms with Crippen molar-refractivity contribution < 1.29 is 9.53 Å².